The van der Waals surface area contributed by atoms with Crippen LogP contribution in [-0.4, -0.2) is 22.0 Å². The fourth-order valence-corrected chi connectivity index (χ4v) is 2.96. The second kappa shape index (κ2) is 6.53. The molecule has 3 rings (SSSR count). The van der Waals surface area contributed by atoms with Crippen molar-refractivity contribution in [2.24, 2.45) is 0 Å². The smallest absolute Gasteiger partial charge is 0.253 e. The molecule has 0 aliphatic heterocycles. The van der Waals surface area contributed by atoms with E-state index in [1.807, 2.05) is 39.0 Å². The number of amides is 1. The second-order valence-corrected chi connectivity index (χ2v) is 6.24. The molecule has 3 N–H and O–H groups in total. The van der Waals surface area contributed by atoms with Crippen LogP contribution in [0.5, 0.6) is 0 Å². The number of hydrogen-bond donors (Lipinski definition) is 3. The maximum atomic E-state index is 12.6. The Labute approximate surface area is 140 Å². The molecule has 0 saturated carbocycles. The zero-order valence-electron chi connectivity index (χ0n) is 14.1. The van der Waals surface area contributed by atoms with Crippen molar-refractivity contribution in [2.75, 3.05) is 0 Å². The van der Waals surface area contributed by atoms with Gasteiger partial charge in [0.1, 0.15) is 11.9 Å². The summed E-state index contributed by atoms with van der Waals surface area (Å²) >= 11 is 0. The fraction of sp³-hybridized carbons (Fsp3) is 0.316. The zero-order valence-corrected chi connectivity index (χ0v) is 14.1. The number of furan rings is 1. The number of hydrogen-bond acceptors (Lipinski definition) is 3. The number of nitrogens with one attached hydrogen (secondary N) is 2. The Balaban J connectivity index is 1.74. The van der Waals surface area contributed by atoms with Crippen molar-refractivity contribution in [3.63, 3.8) is 0 Å². The Hall–Kier alpha value is -2.53. The van der Waals surface area contributed by atoms with Gasteiger partial charge in [-0.05, 0) is 44.5 Å². The van der Waals surface area contributed by atoms with Crippen molar-refractivity contribution in [1.29, 1.82) is 0 Å². The molecule has 5 nitrogen and oxygen atoms in total. The summed E-state index contributed by atoms with van der Waals surface area (Å²) in [7, 11) is 0. The van der Waals surface area contributed by atoms with Crippen molar-refractivity contribution in [2.45, 2.75) is 39.3 Å². The zero-order chi connectivity index (χ0) is 17.3. The van der Waals surface area contributed by atoms with Crippen LogP contribution in [-0.2, 0) is 0 Å². The summed E-state index contributed by atoms with van der Waals surface area (Å²) in [5.41, 5.74) is 3.68. The average molecular weight is 326 g/mol. The van der Waals surface area contributed by atoms with E-state index in [-0.39, 0.29) is 11.9 Å². The number of aromatic amines is 1. The average Bonchev–Trinajstić information content (AvgIpc) is 3.16. The van der Waals surface area contributed by atoms with E-state index >= 15 is 0 Å². The summed E-state index contributed by atoms with van der Waals surface area (Å²) in [6, 6.07) is 8.98. The lowest BCUT2D eigenvalue weighted by molar-refractivity contribution is 0.0904. The van der Waals surface area contributed by atoms with Crippen LogP contribution in [0.25, 0.3) is 10.9 Å². The number of aliphatic hydroxyl groups is 1. The topological polar surface area (TPSA) is 78.3 Å². The molecule has 0 fully saturated rings. The summed E-state index contributed by atoms with van der Waals surface area (Å²) in [6.07, 6.45) is 1.18. The number of carbonyl (C=O) groups is 1. The molecule has 24 heavy (non-hydrogen) atoms. The summed E-state index contributed by atoms with van der Waals surface area (Å²) in [6.45, 7) is 5.91. The van der Waals surface area contributed by atoms with Gasteiger partial charge in [-0.25, -0.2) is 0 Å². The Kier molecular flexibility index (Phi) is 4.44. The number of aliphatic hydroxyl groups excluding tert-OH is 1. The third kappa shape index (κ3) is 3.08. The van der Waals surface area contributed by atoms with Gasteiger partial charge in [0.25, 0.3) is 5.91 Å². The van der Waals surface area contributed by atoms with Crippen molar-refractivity contribution in [1.82, 2.24) is 10.3 Å². The highest BCUT2D eigenvalue weighted by molar-refractivity contribution is 6.06. The SMILES string of the molecule is Cc1[nH]c2c(C(=O)NC(C)CC(O)c3ccco3)cccc2c1C. The molecule has 0 spiro atoms. The van der Waals surface area contributed by atoms with Gasteiger partial charge in [0.05, 0.1) is 17.3 Å². The van der Waals surface area contributed by atoms with Crippen molar-refractivity contribution in [3.8, 4) is 0 Å². The van der Waals surface area contributed by atoms with Crippen LogP contribution < -0.4 is 5.32 Å². The van der Waals surface area contributed by atoms with E-state index in [0.29, 0.717) is 17.7 Å². The highest BCUT2D eigenvalue weighted by atomic mass is 16.4. The third-order valence-corrected chi connectivity index (χ3v) is 4.41. The standard InChI is InChI=1S/C19H22N2O3/c1-11(10-16(22)17-8-5-9-24-17)20-19(23)15-7-4-6-14-12(2)13(3)21-18(14)15/h4-9,11,16,21-22H,10H2,1-3H3,(H,20,23). The monoisotopic (exact) mass is 326 g/mol. The summed E-state index contributed by atoms with van der Waals surface area (Å²) in [4.78, 5) is 15.9. The molecule has 2 atom stereocenters. The van der Waals surface area contributed by atoms with E-state index in [4.69, 9.17) is 4.42 Å². The van der Waals surface area contributed by atoms with Gasteiger partial charge in [-0.3, -0.25) is 4.79 Å². The number of aromatic nitrogens is 1. The third-order valence-electron chi connectivity index (χ3n) is 4.41. The minimum Gasteiger partial charge on any atom is -0.467 e. The molecule has 1 amide bonds. The molecule has 2 heterocycles. The van der Waals surface area contributed by atoms with Crippen LogP contribution in [0.2, 0.25) is 0 Å². The first-order valence-corrected chi connectivity index (χ1v) is 8.07. The first-order chi connectivity index (χ1) is 11.5. The predicted molar refractivity (Wildman–Crippen MR) is 93.0 cm³/mol. The molecule has 126 valence electrons. The number of aryl methyl sites for hydroxylation is 2. The maximum Gasteiger partial charge on any atom is 0.253 e. The van der Waals surface area contributed by atoms with Crippen LogP contribution in [0.1, 0.15) is 46.8 Å². The molecule has 0 aliphatic carbocycles. The van der Waals surface area contributed by atoms with E-state index in [2.05, 4.69) is 10.3 Å². The number of para-hydroxylation sites is 1. The minimum absolute atomic E-state index is 0.152. The lowest BCUT2D eigenvalue weighted by Gasteiger charge is -2.17. The fourth-order valence-electron chi connectivity index (χ4n) is 2.96. The lowest BCUT2D eigenvalue weighted by atomic mass is 10.1. The van der Waals surface area contributed by atoms with Gasteiger partial charge in [0, 0.05) is 23.5 Å². The molecule has 0 radical (unpaired) electrons. The van der Waals surface area contributed by atoms with E-state index in [1.165, 1.54) is 6.26 Å². The molecule has 5 heteroatoms. The highest BCUT2D eigenvalue weighted by Crippen LogP contribution is 2.24. The Bertz CT molecular complexity index is 849. The van der Waals surface area contributed by atoms with Crippen molar-refractivity contribution in [3.05, 3.63) is 59.2 Å². The second-order valence-electron chi connectivity index (χ2n) is 6.24. The molecule has 1 aromatic carbocycles. The van der Waals surface area contributed by atoms with Crippen molar-refractivity contribution < 1.29 is 14.3 Å². The molecular weight excluding hydrogens is 304 g/mol. The van der Waals surface area contributed by atoms with Crippen LogP contribution in [0, 0.1) is 13.8 Å². The van der Waals surface area contributed by atoms with Gasteiger partial charge in [0.2, 0.25) is 0 Å². The number of carbonyl (C=O) groups excluding carboxylic acids is 1. The first-order valence-electron chi connectivity index (χ1n) is 8.07. The van der Waals surface area contributed by atoms with Crippen molar-refractivity contribution >= 4 is 16.8 Å². The molecule has 0 saturated heterocycles. The Morgan fingerprint density at radius 1 is 1.29 bits per heavy atom. The van der Waals surface area contributed by atoms with Gasteiger partial charge in [-0.1, -0.05) is 12.1 Å². The number of fused-ring (bicyclic) bond motifs is 1. The van der Waals surface area contributed by atoms with E-state index < -0.39 is 6.10 Å². The van der Waals surface area contributed by atoms with Crippen LogP contribution in [0.15, 0.2) is 41.0 Å². The van der Waals surface area contributed by atoms with Gasteiger partial charge >= 0.3 is 0 Å². The molecule has 2 aromatic heterocycles. The molecule has 0 bridgehead atoms. The van der Waals surface area contributed by atoms with Gasteiger partial charge in [-0.15, -0.1) is 0 Å². The molecular formula is C19H22N2O3. The largest absolute Gasteiger partial charge is 0.467 e. The number of rotatable bonds is 5. The summed E-state index contributed by atoms with van der Waals surface area (Å²) in [5, 5.41) is 14.1. The number of H-pyrrole nitrogens is 1. The van der Waals surface area contributed by atoms with E-state index in [9.17, 15) is 9.90 Å². The lowest BCUT2D eigenvalue weighted by Crippen LogP contribution is -2.33. The van der Waals surface area contributed by atoms with E-state index in [1.54, 1.807) is 12.1 Å². The van der Waals surface area contributed by atoms with Crippen LogP contribution >= 0.6 is 0 Å². The van der Waals surface area contributed by atoms with E-state index in [0.717, 1.165) is 22.2 Å². The maximum absolute atomic E-state index is 12.6. The quantitative estimate of drug-likeness (QED) is 0.670. The summed E-state index contributed by atoms with van der Waals surface area (Å²) in [5.74, 6) is 0.356. The molecule has 0 aliphatic rings. The highest BCUT2D eigenvalue weighted by Gasteiger charge is 2.19. The number of benzene rings is 1. The van der Waals surface area contributed by atoms with Gasteiger partial charge in [-0.2, -0.15) is 0 Å². The molecule has 2 unspecified atom stereocenters. The van der Waals surface area contributed by atoms with Crippen LogP contribution in [0.3, 0.4) is 0 Å². The van der Waals surface area contributed by atoms with Gasteiger partial charge in [0.15, 0.2) is 0 Å². The Morgan fingerprint density at radius 3 is 2.79 bits per heavy atom. The normalized spacial score (nSPS) is 13.8. The minimum atomic E-state index is -0.735. The Morgan fingerprint density at radius 2 is 2.08 bits per heavy atom. The summed E-state index contributed by atoms with van der Waals surface area (Å²) < 4.78 is 5.19. The first kappa shape index (κ1) is 16.3. The predicted octanol–water partition coefficient (Wildman–Crippen LogP) is 3.62. The van der Waals surface area contributed by atoms with Crippen LogP contribution in [0.4, 0.5) is 0 Å². The van der Waals surface area contributed by atoms with Gasteiger partial charge < -0.3 is 19.8 Å². The molecule has 3 aromatic rings.